The molecule has 1 aromatic carbocycles. The lowest BCUT2D eigenvalue weighted by Gasteiger charge is -2.27. The highest BCUT2D eigenvalue weighted by molar-refractivity contribution is 9.10. The van der Waals surface area contributed by atoms with Crippen molar-refractivity contribution in [3.8, 4) is 5.75 Å². The monoisotopic (exact) mass is 424 g/mol. The lowest BCUT2D eigenvalue weighted by Crippen LogP contribution is -2.44. The van der Waals surface area contributed by atoms with Gasteiger partial charge in [0.2, 0.25) is 5.91 Å². The molecule has 0 spiro atoms. The van der Waals surface area contributed by atoms with Crippen LogP contribution in [-0.2, 0) is 9.59 Å². The fourth-order valence-electron chi connectivity index (χ4n) is 2.78. The Bertz CT molecular complexity index is 759. The Morgan fingerprint density at radius 2 is 1.96 bits per heavy atom. The number of phenols is 1. The zero-order valence-corrected chi connectivity index (χ0v) is 15.8. The molecular formula is C17H17BrN2O4S. The predicted molar refractivity (Wildman–Crippen MR) is 98.9 cm³/mol. The highest BCUT2D eigenvalue weighted by Gasteiger charge is 2.37. The quantitative estimate of drug-likeness (QED) is 0.753. The van der Waals surface area contributed by atoms with E-state index in [1.54, 1.807) is 23.1 Å². The third-order valence-electron chi connectivity index (χ3n) is 4.15. The molecule has 2 aliphatic rings. The minimum atomic E-state index is -0.454. The van der Waals surface area contributed by atoms with Crippen LogP contribution in [0.25, 0.3) is 6.08 Å². The van der Waals surface area contributed by atoms with Gasteiger partial charge in [0, 0.05) is 13.1 Å². The van der Waals surface area contributed by atoms with E-state index in [0.29, 0.717) is 23.1 Å². The summed E-state index contributed by atoms with van der Waals surface area (Å²) < 4.78 is 0.501. The first kappa shape index (κ1) is 18.0. The van der Waals surface area contributed by atoms with E-state index in [9.17, 15) is 19.5 Å². The minimum absolute atomic E-state index is 0.0948. The Kier molecular flexibility index (Phi) is 5.48. The SMILES string of the molecule is O=C(CN1C(=O)S/C(=C\c2ccc(O)c(Br)c2)C1=O)N1CCCCC1. The molecule has 0 aromatic heterocycles. The summed E-state index contributed by atoms with van der Waals surface area (Å²) in [6.07, 6.45) is 4.61. The summed E-state index contributed by atoms with van der Waals surface area (Å²) >= 11 is 4.04. The number of hydrogen-bond donors (Lipinski definition) is 1. The van der Waals surface area contributed by atoms with E-state index in [-0.39, 0.29) is 23.1 Å². The summed E-state index contributed by atoms with van der Waals surface area (Å²) in [5.74, 6) is -0.544. The van der Waals surface area contributed by atoms with E-state index in [2.05, 4.69) is 15.9 Å². The summed E-state index contributed by atoms with van der Waals surface area (Å²) in [5, 5.41) is 9.09. The molecular weight excluding hydrogens is 408 g/mol. The van der Waals surface area contributed by atoms with Gasteiger partial charge in [0.15, 0.2) is 0 Å². The Balaban J connectivity index is 1.72. The molecule has 1 aromatic rings. The Hall–Kier alpha value is -1.80. The van der Waals surface area contributed by atoms with E-state index in [0.717, 1.165) is 35.9 Å². The summed E-state index contributed by atoms with van der Waals surface area (Å²) in [4.78, 5) is 39.9. The van der Waals surface area contributed by atoms with Crippen molar-refractivity contribution in [3.63, 3.8) is 0 Å². The number of imide groups is 1. The summed E-state index contributed by atoms with van der Waals surface area (Å²) in [6, 6.07) is 4.80. The van der Waals surface area contributed by atoms with Crippen molar-refractivity contribution in [2.24, 2.45) is 0 Å². The molecule has 2 aliphatic heterocycles. The number of amides is 3. The average Bonchev–Trinajstić information content (AvgIpc) is 2.86. The number of benzene rings is 1. The molecule has 2 heterocycles. The molecule has 0 aliphatic carbocycles. The Labute approximate surface area is 158 Å². The lowest BCUT2D eigenvalue weighted by atomic mass is 10.1. The first-order chi connectivity index (χ1) is 12.0. The van der Waals surface area contributed by atoms with E-state index < -0.39 is 11.1 Å². The summed E-state index contributed by atoms with van der Waals surface area (Å²) in [5.41, 5.74) is 0.678. The van der Waals surface area contributed by atoms with Crippen LogP contribution in [0.4, 0.5) is 4.79 Å². The number of rotatable bonds is 3. The molecule has 25 heavy (non-hydrogen) atoms. The van der Waals surface area contributed by atoms with Gasteiger partial charge in [-0.25, -0.2) is 0 Å². The van der Waals surface area contributed by atoms with Crippen LogP contribution < -0.4 is 0 Å². The molecule has 8 heteroatoms. The van der Waals surface area contributed by atoms with Gasteiger partial charge in [0.05, 0.1) is 9.38 Å². The maximum absolute atomic E-state index is 12.5. The number of carbonyl (C=O) groups is 3. The fourth-order valence-corrected chi connectivity index (χ4v) is 4.01. The van der Waals surface area contributed by atoms with E-state index >= 15 is 0 Å². The number of nitrogens with zero attached hydrogens (tertiary/aromatic N) is 2. The molecule has 2 saturated heterocycles. The molecule has 0 saturated carbocycles. The molecule has 6 nitrogen and oxygen atoms in total. The molecule has 132 valence electrons. The van der Waals surface area contributed by atoms with E-state index in [1.807, 2.05) is 0 Å². The second kappa shape index (κ2) is 7.61. The van der Waals surface area contributed by atoms with Crippen LogP contribution in [-0.4, -0.2) is 51.6 Å². The van der Waals surface area contributed by atoms with Crippen molar-refractivity contribution in [2.45, 2.75) is 19.3 Å². The molecule has 0 unspecified atom stereocenters. The van der Waals surface area contributed by atoms with Gasteiger partial charge in [-0.05, 0) is 70.7 Å². The fraction of sp³-hybridized carbons (Fsp3) is 0.353. The van der Waals surface area contributed by atoms with Gasteiger partial charge in [0.25, 0.3) is 11.1 Å². The highest BCUT2D eigenvalue weighted by atomic mass is 79.9. The third-order valence-corrected chi connectivity index (χ3v) is 5.69. The van der Waals surface area contributed by atoms with Gasteiger partial charge in [0.1, 0.15) is 12.3 Å². The van der Waals surface area contributed by atoms with Crippen molar-refractivity contribution in [1.82, 2.24) is 9.80 Å². The summed E-state index contributed by atoms with van der Waals surface area (Å²) in [6.45, 7) is 1.17. The van der Waals surface area contributed by atoms with Crippen molar-refractivity contribution in [3.05, 3.63) is 33.1 Å². The molecule has 1 N–H and O–H groups in total. The van der Waals surface area contributed by atoms with E-state index in [4.69, 9.17) is 0 Å². The van der Waals surface area contributed by atoms with Gasteiger partial charge >= 0.3 is 0 Å². The number of carbonyl (C=O) groups excluding carboxylic acids is 3. The maximum atomic E-state index is 12.5. The van der Waals surface area contributed by atoms with Crippen LogP contribution in [0, 0.1) is 0 Å². The number of likely N-dealkylation sites (tertiary alicyclic amines) is 1. The molecule has 0 bridgehead atoms. The Morgan fingerprint density at radius 3 is 2.64 bits per heavy atom. The molecule has 0 radical (unpaired) electrons. The number of thioether (sulfide) groups is 1. The van der Waals surface area contributed by atoms with Crippen LogP contribution in [0.2, 0.25) is 0 Å². The molecule has 0 atom stereocenters. The first-order valence-electron chi connectivity index (χ1n) is 7.97. The largest absolute Gasteiger partial charge is 0.507 e. The van der Waals surface area contributed by atoms with Crippen molar-refractivity contribution < 1.29 is 19.5 Å². The second-order valence-electron chi connectivity index (χ2n) is 5.92. The van der Waals surface area contributed by atoms with Crippen molar-refractivity contribution >= 4 is 50.8 Å². The number of piperidine rings is 1. The normalized spacial score (nSPS) is 19.8. The van der Waals surface area contributed by atoms with Crippen LogP contribution in [0.1, 0.15) is 24.8 Å². The highest BCUT2D eigenvalue weighted by Crippen LogP contribution is 2.33. The standard InChI is InChI=1S/C17H17BrN2O4S/c18-12-8-11(4-5-13(12)21)9-14-16(23)20(17(24)25-14)10-15(22)19-6-2-1-3-7-19/h4-5,8-9,21H,1-3,6-7,10H2/b14-9-. The van der Waals surface area contributed by atoms with Gasteiger partial charge in [-0.2, -0.15) is 0 Å². The van der Waals surface area contributed by atoms with Crippen LogP contribution >= 0.6 is 27.7 Å². The number of aromatic hydroxyl groups is 1. The number of phenolic OH excluding ortho intramolecular Hbond substituents is 1. The zero-order valence-electron chi connectivity index (χ0n) is 13.4. The third kappa shape index (κ3) is 4.07. The maximum Gasteiger partial charge on any atom is 0.294 e. The topological polar surface area (TPSA) is 77.9 Å². The van der Waals surface area contributed by atoms with Crippen LogP contribution in [0.5, 0.6) is 5.75 Å². The Morgan fingerprint density at radius 1 is 1.24 bits per heavy atom. The van der Waals surface area contributed by atoms with Crippen molar-refractivity contribution in [1.29, 1.82) is 0 Å². The number of hydrogen-bond acceptors (Lipinski definition) is 5. The average molecular weight is 425 g/mol. The second-order valence-corrected chi connectivity index (χ2v) is 7.77. The minimum Gasteiger partial charge on any atom is -0.507 e. The summed E-state index contributed by atoms with van der Waals surface area (Å²) in [7, 11) is 0. The lowest BCUT2D eigenvalue weighted by molar-refractivity contribution is -0.136. The molecule has 2 fully saturated rings. The molecule has 3 amide bonds. The van der Waals surface area contributed by atoms with Crippen LogP contribution in [0.3, 0.4) is 0 Å². The van der Waals surface area contributed by atoms with Gasteiger partial charge in [-0.15, -0.1) is 0 Å². The van der Waals surface area contributed by atoms with E-state index in [1.165, 1.54) is 6.07 Å². The zero-order chi connectivity index (χ0) is 18.0. The molecule has 3 rings (SSSR count). The number of halogens is 1. The van der Waals surface area contributed by atoms with Crippen molar-refractivity contribution in [2.75, 3.05) is 19.6 Å². The van der Waals surface area contributed by atoms with Crippen LogP contribution in [0.15, 0.2) is 27.6 Å². The predicted octanol–water partition coefficient (Wildman–Crippen LogP) is 3.20. The van der Waals surface area contributed by atoms with Gasteiger partial charge in [-0.1, -0.05) is 6.07 Å². The van der Waals surface area contributed by atoms with Gasteiger partial charge in [-0.3, -0.25) is 19.3 Å². The van der Waals surface area contributed by atoms with Gasteiger partial charge < -0.3 is 10.0 Å². The first-order valence-corrected chi connectivity index (χ1v) is 9.58. The smallest absolute Gasteiger partial charge is 0.294 e.